The Labute approximate surface area is 494 Å². The fraction of sp³-hybridized carbons (Fsp3) is 0.696. The molecule has 452 valence electrons. The van der Waals surface area contributed by atoms with Crippen LogP contribution < -0.4 is 0 Å². The molecule has 0 aromatic heterocycles. The van der Waals surface area contributed by atoms with Crippen molar-refractivity contribution >= 4 is 45.9 Å². The number of methoxy groups -OCH3 is 1. The van der Waals surface area contributed by atoms with Crippen LogP contribution in [-0.4, -0.2) is 128 Å². The van der Waals surface area contributed by atoms with Crippen molar-refractivity contribution in [2.45, 2.75) is 261 Å². The number of hydrogen-bond donors (Lipinski definition) is 1. The number of carboxylic acid groups (broad SMARTS) is 1. The van der Waals surface area contributed by atoms with Gasteiger partial charge in [-0.05, 0) is 40.1 Å². The third-order valence-electron chi connectivity index (χ3n) is 20.7. The summed E-state index contributed by atoms with van der Waals surface area (Å²) in [6.07, 6.45) is 7.79. The van der Waals surface area contributed by atoms with Gasteiger partial charge in [-0.3, -0.25) is 0 Å². The second kappa shape index (κ2) is 28.0. The molecule has 1 spiro atoms. The molecule has 11 unspecified atom stereocenters. The number of fused-ring (bicyclic) bond motifs is 6. The first kappa shape index (κ1) is 62.3. The van der Waals surface area contributed by atoms with Crippen LogP contribution in [0.4, 0.5) is 0 Å². The minimum atomic E-state index is -2.63. The summed E-state index contributed by atoms with van der Waals surface area (Å²) in [4.78, 5) is 13.1. The molecule has 0 amide bonds. The summed E-state index contributed by atoms with van der Waals surface area (Å²) in [5.41, 5.74) is 0.922. The maximum atomic E-state index is 13.1. The Kier molecular flexibility index (Phi) is 21.3. The van der Waals surface area contributed by atoms with E-state index in [1.165, 1.54) is 67.0 Å². The van der Waals surface area contributed by atoms with Crippen molar-refractivity contribution in [2.75, 3.05) is 13.7 Å². The molecule has 13 heteroatoms. The van der Waals surface area contributed by atoms with E-state index in [1.807, 2.05) is 19.1 Å². The number of carboxylic acids is 1. The van der Waals surface area contributed by atoms with Gasteiger partial charge in [0.2, 0.25) is 0 Å². The third-order valence-corrected chi connectivity index (χ3v) is 36.6. The van der Waals surface area contributed by atoms with E-state index in [1.54, 1.807) is 7.11 Å². The van der Waals surface area contributed by atoms with E-state index in [0.29, 0.717) is 32.5 Å². The molecule has 6 aliphatic heterocycles. The van der Waals surface area contributed by atoms with Crippen molar-refractivity contribution in [2.24, 2.45) is 23.7 Å². The number of aliphatic carboxylic acids is 1. The normalized spacial score (nSPS) is 34.7. The van der Waals surface area contributed by atoms with Crippen LogP contribution in [0, 0.1) is 23.7 Å². The average Bonchev–Trinajstić information content (AvgIpc) is 4.12. The molecule has 0 aliphatic carbocycles. The average molecular weight is 1240 g/mol. The molecular formula is C69H100O12Sn. The number of hydrogen-bond acceptors (Lipinski definition) is 11. The van der Waals surface area contributed by atoms with Crippen LogP contribution in [0.5, 0.6) is 0 Å². The standard InChI is InChI=1S/C57H73O12.3C4H9.Sn/c1-8-51(60-7)67-49-29-45-46(68-56(49,6)48(30-50(58)59)61-31-37-18-20-39-14-9-11-16-41(39)26-37)25-33(2)24-43-44(64-45)28-47-52(65-43)35(4)53(62-32-38-19-21-40-15-10-12-17-42(40)27-38)55-54(66-47)34(3)36(5)57(69-55)22-13-23-63-57;3*1-3-4-2;/h9-12,14-21,26-27,33-36,43-49,51-55H,1,8,13,22-25,28-32H2,2-7H3,(H,58,59);3*1,3-4H2,2H3;/t33-,34+,35-,36+,43?,44?,45?,46?,47?,48+,49?,51?,52?,53+,54?,55?,56+,57?;;;;/m1..../s1. The summed E-state index contributed by atoms with van der Waals surface area (Å²) >= 11 is -2.63. The molecule has 82 heavy (non-hydrogen) atoms. The third kappa shape index (κ3) is 14.0. The first-order chi connectivity index (χ1) is 39.7. The number of carbonyl (C=O) groups is 1. The van der Waals surface area contributed by atoms with Crippen LogP contribution in [0.15, 0.2) is 84.9 Å². The molecule has 6 heterocycles. The molecule has 0 radical (unpaired) electrons. The summed E-state index contributed by atoms with van der Waals surface area (Å²) in [6.45, 7) is 19.5. The molecule has 6 saturated heterocycles. The second-order valence-corrected chi connectivity index (χ2v) is 40.7. The number of benzene rings is 4. The minimum absolute atomic E-state index is 0.0773. The SMILES string of the molecule is CCC[CH2][Sn]([CH2]CCC)([CH2]CCC)[CH2]CC(OC)OC1CC2OC3CC4OC5C(OC6(CCCO6)[C@@H](C)[C@@H]5C)[C@@H](OCc5ccc6ccccc6c5)[C@H](C)C4OC3C[C@@H](C)CC2O[C@@]1(C)[C@H](CC(=O)O)OCc1ccc2ccccc2c1. The molecular weight excluding hydrogens is 1140 g/mol. The second-order valence-electron chi connectivity index (χ2n) is 26.4. The summed E-state index contributed by atoms with van der Waals surface area (Å²) in [5.74, 6) is -1.30. The molecule has 12 nitrogen and oxygen atoms in total. The first-order valence-corrected chi connectivity index (χ1v) is 40.3. The van der Waals surface area contributed by atoms with E-state index in [4.69, 9.17) is 47.4 Å². The quantitative estimate of drug-likeness (QED) is 0.0529. The fourth-order valence-electron chi connectivity index (χ4n) is 15.6. The van der Waals surface area contributed by atoms with Gasteiger partial charge < -0.3 is 14.2 Å². The number of unbranched alkanes of at least 4 members (excludes halogenated alkanes) is 3. The molecule has 4 aromatic carbocycles. The topological polar surface area (TPSA) is 130 Å². The van der Waals surface area contributed by atoms with Gasteiger partial charge in [-0.15, -0.1) is 0 Å². The van der Waals surface area contributed by atoms with E-state index in [-0.39, 0.29) is 91.6 Å². The van der Waals surface area contributed by atoms with Crippen LogP contribution in [0.1, 0.15) is 156 Å². The first-order valence-electron chi connectivity index (χ1n) is 32.2. The van der Waals surface area contributed by atoms with Gasteiger partial charge in [-0.2, -0.15) is 0 Å². The molecule has 0 saturated carbocycles. The van der Waals surface area contributed by atoms with Gasteiger partial charge in [-0.1, -0.05) is 81.4 Å². The van der Waals surface area contributed by atoms with Crippen molar-refractivity contribution in [3.05, 3.63) is 96.1 Å². The zero-order valence-electron chi connectivity index (χ0n) is 51.1. The Bertz CT molecular complexity index is 2660. The molecule has 6 fully saturated rings. The van der Waals surface area contributed by atoms with Crippen molar-refractivity contribution in [3.63, 3.8) is 0 Å². The summed E-state index contributed by atoms with van der Waals surface area (Å²) < 4.78 is 77.2. The van der Waals surface area contributed by atoms with Crippen LogP contribution in [-0.2, 0) is 65.4 Å². The Hall–Kier alpha value is -2.73. The van der Waals surface area contributed by atoms with Crippen molar-refractivity contribution in [1.29, 1.82) is 0 Å². The Morgan fingerprint density at radius 2 is 1.27 bits per heavy atom. The van der Waals surface area contributed by atoms with Crippen molar-refractivity contribution < 1.29 is 57.3 Å². The Morgan fingerprint density at radius 1 is 0.671 bits per heavy atom. The van der Waals surface area contributed by atoms with Crippen molar-refractivity contribution in [1.82, 2.24) is 0 Å². The van der Waals surface area contributed by atoms with Crippen LogP contribution >= 0.6 is 0 Å². The van der Waals surface area contributed by atoms with Gasteiger partial charge in [0.1, 0.15) is 6.10 Å². The van der Waals surface area contributed by atoms with Crippen molar-refractivity contribution in [3.8, 4) is 0 Å². The van der Waals surface area contributed by atoms with Gasteiger partial charge in [-0.25, -0.2) is 0 Å². The predicted octanol–water partition coefficient (Wildman–Crippen LogP) is 15.0. The maximum absolute atomic E-state index is 13.1. The summed E-state index contributed by atoms with van der Waals surface area (Å²) in [6, 6.07) is 29.7. The monoisotopic (exact) mass is 1240 g/mol. The van der Waals surface area contributed by atoms with E-state index in [0.717, 1.165) is 47.6 Å². The zero-order chi connectivity index (χ0) is 57.6. The molecule has 1 N–H and O–H groups in total. The fourth-order valence-corrected chi connectivity index (χ4v) is 31.7. The van der Waals surface area contributed by atoms with Gasteiger partial charge >= 0.3 is 306 Å². The van der Waals surface area contributed by atoms with E-state index < -0.39 is 54.2 Å². The van der Waals surface area contributed by atoms with E-state index >= 15 is 0 Å². The number of ether oxygens (including phenoxy) is 10. The van der Waals surface area contributed by atoms with Gasteiger partial charge in [0.05, 0.1) is 25.4 Å². The Morgan fingerprint density at radius 3 is 1.88 bits per heavy atom. The van der Waals surface area contributed by atoms with Gasteiger partial charge in [0.25, 0.3) is 0 Å². The predicted molar refractivity (Wildman–Crippen MR) is 324 cm³/mol. The van der Waals surface area contributed by atoms with Crippen LogP contribution in [0.25, 0.3) is 21.5 Å². The summed E-state index contributed by atoms with van der Waals surface area (Å²) in [5, 5.41) is 15.4. The van der Waals surface area contributed by atoms with Crippen LogP contribution in [0.3, 0.4) is 0 Å². The number of rotatable bonds is 24. The van der Waals surface area contributed by atoms with E-state index in [9.17, 15) is 9.90 Å². The Balaban J connectivity index is 0.938. The molecule has 18 atom stereocenters. The molecule has 0 bridgehead atoms. The van der Waals surface area contributed by atoms with Gasteiger partial charge in [0.15, 0.2) is 5.79 Å². The zero-order valence-corrected chi connectivity index (χ0v) is 54.0. The van der Waals surface area contributed by atoms with E-state index in [2.05, 4.69) is 121 Å². The summed E-state index contributed by atoms with van der Waals surface area (Å²) in [7, 11) is 1.77. The molecule has 4 aromatic rings. The van der Waals surface area contributed by atoms with Crippen LogP contribution in [0.2, 0.25) is 17.7 Å². The molecule has 10 rings (SSSR count). The van der Waals surface area contributed by atoms with Gasteiger partial charge in [0, 0.05) is 18.3 Å². The molecule has 6 aliphatic rings.